The summed E-state index contributed by atoms with van der Waals surface area (Å²) in [6, 6.07) is 4.15. The summed E-state index contributed by atoms with van der Waals surface area (Å²) in [7, 11) is 0. The number of ether oxygens (including phenoxy) is 1. The maximum absolute atomic E-state index is 5.32. The number of hydrogen-bond acceptors (Lipinski definition) is 3. The van der Waals surface area contributed by atoms with Crippen LogP contribution in [-0.2, 0) is 4.74 Å². The van der Waals surface area contributed by atoms with Crippen molar-refractivity contribution in [3.05, 3.63) is 30.0 Å². The highest BCUT2D eigenvalue weighted by Gasteiger charge is 2.12. The highest BCUT2D eigenvalue weighted by molar-refractivity contribution is 5.50. The first-order chi connectivity index (χ1) is 7.29. The lowest BCUT2D eigenvalue weighted by Crippen LogP contribution is -2.36. The molecule has 2 heterocycles. The van der Waals surface area contributed by atoms with Gasteiger partial charge in [0.25, 0.3) is 0 Å². The van der Waals surface area contributed by atoms with E-state index in [1.54, 1.807) is 6.08 Å². The third kappa shape index (κ3) is 2.36. The molecule has 0 bridgehead atoms. The summed E-state index contributed by atoms with van der Waals surface area (Å²) in [4.78, 5) is 6.78. The SMILES string of the molecule is C=Cc1cc(C)cc(N2CCOCC2)n1. The third-order valence-electron chi connectivity index (χ3n) is 2.52. The van der Waals surface area contributed by atoms with Gasteiger partial charge in [-0.05, 0) is 30.7 Å². The molecule has 3 nitrogen and oxygen atoms in total. The summed E-state index contributed by atoms with van der Waals surface area (Å²) in [5.41, 5.74) is 2.16. The van der Waals surface area contributed by atoms with Crippen molar-refractivity contribution < 1.29 is 4.74 Å². The van der Waals surface area contributed by atoms with E-state index in [2.05, 4.69) is 29.5 Å². The molecule has 1 aromatic heterocycles. The van der Waals surface area contributed by atoms with E-state index >= 15 is 0 Å². The van der Waals surface area contributed by atoms with Crippen molar-refractivity contribution in [2.75, 3.05) is 31.2 Å². The van der Waals surface area contributed by atoms with Crippen LogP contribution in [0.25, 0.3) is 6.08 Å². The summed E-state index contributed by atoms with van der Waals surface area (Å²) in [6.07, 6.45) is 1.79. The maximum atomic E-state index is 5.32. The second kappa shape index (κ2) is 4.45. The minimum absolute atomic E-state index is 0.791. The lowest BCUT2D eigenvalue weighted by atomic mass is 10.2. The van der Waals surface area contributed by atoms with Crippen molar-refractivity contribution >= 4 is 11.9 Å². The van der Waals surface area contributed by atoms with E-state index in [4.69, 9.17) is 4.74 Å². The van der Waals surface area contributed by atoms with Crippen LogP contribution >= 0.6 is 0 Å². The maximum Gasteiger partial charge on any atom is 0.129 e. The molecule has 0 aromatic carbocycles. The van der Waals surface area contributed by atoms with E-state index in [0.29, 0.717) is 0 Å². The number of anilines is 1. The molecule has 0 unspecified atom stereocenters. The molecule has 80 valence electrons. The summed E-state index contributed by atoms with van der Waals surface area (Å²) in [5.74, 6) is 1.04. The van der Waals surface area contributed by atoms with Crippen molar-refractivity contribution in [1.29, 1.82) is 0 Å². The Labute approximate surface area is 90.4 Å². The topological polar surface area (TPSA) is 25.4 Å². The van der Waals surface area contributed by atoms with Crippen LogP contribution in [-0.4, -0.2) is 31.3 Å². The molecule has 1 saturated heterocycles. The number of aromatic nitrogens is 1. The number of aryl methyl sites for hydroxylation is 1. The zero-order chi connectivity index (χ0) is 10.7. The van der Waals surface area contributed by atoms with Crippen LogP contribution < -0.4 is 4.90 Å². The van der Waals surface area contributed by atoms with Gasteiger partial charge in [0, 0.05) is 13.1 Å². The van der Waals surface area contributed by atoms with Crippen LogP contribution in [0.2, 0.25) is 0 Å². The molecule has 0 saturated carbocycles. The van der Waals surface area contributed by atoms with E-state index in [0.717, 1.165) is 37.8 Å². The van der Waals surface area contributed by atoms with Gasteiger partial charge < -0.3 is 9.64 Å². The molecule has 0 amide bonds. The smallest absolute Gasteiger partial charge is 0.129 e. The molecule has 2 rings (SSSR count). The Hall–Kier alpha value is -1.35. The fourth-order valence-electron chi connectivity index (χ4n) is 1.73. The molecule has 1 aliphatic rings. The number of pyridine rings is 1. The average molecular weight is 204 g/mol. The van der Waals surface area contributed by atoms with E-state index in [9.17, 15) is 0 Å². The van der Waals surface area contributed by atoms with Crippen LogP contribution in [0.4, 0.5) is 5.82 Å². The van der Waals surface area contributed by atoms with E-state index in [1.165, 1.54) is 5.56 Å². The molecular formula is C12H16N2O. The van der Waals surface area contributed by atoms with Gasteiger partial charge >= 0.3 is 0 Å². The van der Waals surface area contributed by atoms with Gasteiger partial charge in [0.2, 0.25) is 0 Å². The van der Waals surface area contributed by atoms with E-state index in [-0.39, 0.29) is 0 Å². The number of nitrogens with zero attached hydrogens (tertiary/aromatic N) is 2. The first-order valence-electron chi connectivity index (χ1n) is 5.23. The van der Waals surface area contributed by atoms with Crippen LogP contribution in [0.3, 0.4) is 0 Å². The zero-order valence-corrected chi connectivity index (χ0v) is 9.07. The number of morpholine rings is 1. The molecule has 0 aliphatic carbocycles. The Kier molecular flexibility index (Phi) is 3.02. The van der Waals surface area contributed by atoms with Gasteiger partial charge in [0.1, 0.15) is 5.82 Å². The quantitative estimate of drug-likeness (QED) is 0.735. The van der Waals surface area contributed by atoms with Crippen LogP contribution in [0.5, 0.6) is 0 Å². The normalized spacial score (nSPS) is 16.5. The highest BCUT2D eigenvalue weighted by atomic mass is 16.5. The van der Waals surface area contributed by atoms with Crippen LogP contribution in [0.1, 0.15) is 11.3 Å². The highest BCUT2D eigenvalue weighted by Crippen LogP contribution is 2.16. The van der Waals surface area contributed by atoms with Gasteiger partial charge in [-0.3, -0.25) is 0 Å². The molecular weight excluding hydrogens is 188 g/mol. The minimum Gasteiger partial charge on any atom is -0.378 e. The van der Waals surface area contributed by atoms with Gasteiger partial charge in [0.05, 0.1) is 18.9 Å². The fourth-order valence-corrected chi connectivity index (χ4v) is 1.73. The van der Waals surface area contributed by atoms with Crippen molar-refractivity contribution in [2.45, 2.75) is 6.92 Å². The van der Waals surface area contributed by atoms with E-state index in [1.807, 2.05) is 6.07 Å². The third-order valence-corrected chi connectivity index (χ3v) is 2.52. The van der Waals surface area contributed by atoms with Gasteiger partial charge in [-0.1, -0.05) is 6.58 Å². The largest absolute Gasteiger partial charge is 0.378 e. The zero-order valence-electron chi connectivity index (χ0n) is 9.07. The molecule has 0 atom stereocenters. The molecule has 0 N–H and O–H groups in total. The molecule has 1 fully saturated rings. The van der Waals surface area contributed by atoms with Crippen molar-refractivity contribution in [1.82, 2.24) is 4.98 Å². The monoisotopic (exact) mass is 204 g/mol. The minimum atomic E-state index is 0.791. The number of rotatable bonds is 2. The summed E-state index contributed by atoms with van der Waals surface area (Å²) in [5, 5.41) is 0. The molecule has 1 aromatic rings. The first-order valence-corrected chi connectivity index (χ1v) is 5.23. The summed E-state index contributed by atoms with van der Waals surface area (Å²) in [6.45, 7) is 9.26. The Bertz CT molecular complexity index is 357. The van der Waals surface area contributed by atoms with Gasteiger partial charge in [0.15, 0.2) is 0 Å². The lowest BCUT2D eigenvalue weighted by Gasteiger charge is -2.28. The summed E-state index contributed by atoms with van der Waals surface area (Å²) >= 11 is 0. The molecule has 3 heteroatoms. The molecule has 1 aliphatic heterocycles. The van der Waals surface area contributed by atoms with Crippen molar-refractivity contribution in [3.63, 3.8) is 0 Å². The van der Waals surface area contributed by atoms with Crippen molar-refractivity contribution in [2.24, 2.45) is 0 Å². The molecule has 0 spiro atoms. The predicted octanol–water partition coefficient (Wildman–Crippen LogP) is 1.87. The fraction of sp³-hybridized carbons (Fsp3) is 0.417. The Morgan fingerprint density at radius 3 is 2.80 bits per heavy atom. The molecule has 0 radical (unpaired) electrons. The van der Waals surface area contributed by atoms with E-state index < -0.39 is 0 Å². The second-order valence-corrected chi connectivity index (χ2v) is 3.73. The van der Waals surface area contributed by atoms with Gasteiger partial charge in [-0.15, -0.1) is 0 Å². The first kappa shape index (κ1) is 10.2. The van der Waals surface area contributed by atoms with Gasteiger partial charge in [-0.25, -0.2) is 4.98 Å². The Morgan fingerprint density at radius 2 is 2.13 bits per heavy atom. The number of hydrogen-bond donors (Lipinski definition) is 0. The van der Waals surface area contributed by atoms with Crippen molar-refractivity contribution in [3.8, 4) is 0 Å². The lowest BCUT2D eigenvalue weighted by molar-refractivity contribution is 0.122. The second-order valence-electron chi connectivity index (χ2n) is 3.73. The van der Waals surface area contributed by atoms with Gasteiger partial charge in [-0.2, -0.15) is 0 Å². The Morgan fingerprint density at radius 1 is 1.40 bits per heavy atom. The van der Waals surface area contributed by atoms with Crippen LogP contribution in [0, 0.1) is 6.92 Å². The Balaban J connectivity index is 2.25. The van der Waals surface area contributed by atoms with Crippen LogP contribution in [0.15, 0.2) is 18.7 Å². The summed E-state index contributed by atoms with van der Waals surface area (Å²) < 4.78 is 5.32. The predicted molar refractivity (Wildman–Crippen MR) is 62.1 cm³/mol. The average Bonchev–Trinajstić information content (AvgIpc) is 2.29. The molecule has 15 heavy (non-hydrogen) atoms. The standard InChI is InChI=1S/C12H16N2O/c1-3-11-8-10(2)9-12(13-11)14-4-6-15-7-5-14/h3,8-9H,1,4-7H2,2H3.